The van der Waals surface area contributed by atoms with Crippen LogP contribution in [0.15, 0.2) is 30.3 Å². The monoisotopic (exact) mass is 396 g/mol. The minimum atomic E-state index is -0.143. The van der Waals surface area contributed by atoms with Gasteiger partial charge in [-0.05, 0) is 31.0 Å². The summed E-state index contributed by atoms with van der Waals surface area (Å²) < 4.78 is 0. The van der Waals surface area contributed by atoms with Crippen molar-refractivity contribution in [1.82, 2.24) is 20.6 Å². The number of anilines is 3. The summed E-state index contributed by atoms with van der Waals surface area (Å²) in [7, 11) is 1.61. The van der Waals surface area contributed by atoms with Gasteiger partial charge in [-0.3, -0.25) is 9.59 Å². The molecule has 0 aliphatic carbocycles. The van der Waals surface area contributed by atoms with E-state index < -0.39 is 0 Å². The topological polar surface area (TPSA) is 99.3 Å². The van der Waals surface area contributed by atoms with Crippen LogP contribution >= 0.6 is 0 Å². The first-order valence-electron chi connectivity index (χ1n) is 9.97. The Kier molecular flexibility index (Phi) is 6.64. The van der Waals surface area contributed by atoms with Crippen LogP contribution in [-0.4, -0.2) is 48.0 Å². The molecule has 1 atom stereocenters. The number of carbonyl (C=O) groups is 2. The lowest BCUT2D eigenvalue weighted by Crippen LogP contribution is -2.35. The van der Waals surface area contributed by atoms with Gasteiger partial charge >= 0.3 is 0 Å². The fourth-order valence-electron chi connectivity index (χ4n) is 3.47. The molecular formula is C21H28N6O2. The van der Waals surface area contributed by atoms with Crippen molar-refractivity contribution in [3.05, 3.63) is 41.6 Å². The number of nitrogens with zero attached hydrogens (tertiary/aromatic N) is 3. The molecule has 0 saturated carbocycles. The molecule has 8 nitrogen and oxygen atoms in total. The number of carbonyl (C=O) groups excluding carboxylic acids is 2. The molecule has 0 spiro atoms. The van der Waals surface area contributed by atoms with Crippen LogP contribution in [0.25, 0.3) is 0 Å². The smallest absolute Gasteiger partial charge is 0.251 e. The summed E-state index contributed by atoms with van der Waals surface area (Å²) in [6.45, 7) is 5.22. The van der Waals surface area contributed by atoms with Gasteiger partial charge in [-0.15, -0.1) is 0 Å². The molecule has 1 fully saturated rings. The predicted molar refractivity (Wildman–Crippen MR) is 114 cm³/mol. The quantitative estimate of drug-likeness (QED) is 0.664. The number of nitrogens with one attached hydrogen (secondary N) is 3. The third-order valence-corrected chi connectivity index (χ3v) is 4.80. The highest BCUT2D eigenvalue weighted by atomic mass is 16.2. The molecule has 8 heteroatoms. The molecule has 1 aromatic carbocycles. The van der Waals surface area contributed by atoms with E-state index in [1.165, 1.54) is 0 Å². The molecule has 29 heavy (non-hydrogen) atoms. The van der Waals surface area contributed by atoms with Crippen LogP contribution < -0.4 is 20.9 Å². The third kappa shape index (κ3) is 5.43. The van der Waals surface area contributed by atoms with E-state index >= 15 is 0 Å². The Bertz CT molecular complexity index is 885. The Hall–Kier alpha value is -3.16. The highest BCUT2D eigenvalue weighted by Gasteiger charge is 2.24. The summed E-state index contributed by atoms with van der Waals surface area (Å²) in [5.74, 6) is 1.20. The maximum Gasteiger partial charge on any atom is 0.251 e. The second-order valence-corrected chi connectivity index (χ2v) is 7.21. The molecule has 1 unspecified atom stereocenters. The molecule has 0 radical (unpaired) electrons. The lowest BCUT2D eigenvalue weighted by molar-refractivity contribution is -0.119. The minimum absolute atomic E-state index is 0.00966. The van der Waals surface area contributed by atoms with E-state index in [1.54, 1.807) is 26.1 Å². The van der Waals surface area contributed by atoms with Crippen molar-refractivity contribution in [3.63, 3.8) is 0 Å². The molecule has 2 heterocycles. The molecular weight excluding hydrogens is 368 g/mol. The fraction of sp³-hybridized carbons (Fsp3) is 0.429. The molecule has 1 aliphatic rings. The molecule has 1 aliphatic heterocycles. The van der Waals surface area contributed by atoms with Crippen molar-refractivity contribution in [2.75, 3.05) is 30.4 Å². The van der Waals surface area contributed by atoms with Gasteiger partial charge in [0.15, 0.2) is 0 Å². The molecule has 0 bridgehead atoms. The van der Waals surface area contributed by atoms with Crippen LogP contribution in [0.3, 0.4) is 0 Å². The van der Waals surface area contributed by atoms with Gasteiger partial charge in [-0.1, -0.05) is 19.4 Å². The zero-order chi connectivity index (χ0) is 20.8. The highest BCUT2D eigenvalue weighted by molar-refractivity contribution is 5.95. The maximum atomic E-state index is 11.9. The van der Waals surface area contributed by atoms with Crippen molar-refractivity contribution in [2.24, 2.45) is 0 Å². The van der Waals surface area contributed by atoms with E-state index in [0.29, 0.717) is 11.5 Å². The number of amides is 2. The number of hydrogen-bond acceptors (Lipinski definition) is 6. The lowest BCUT2D eigenvalue weighted by Gasteiger charge is -2.19. The average Bonchev–Trinajstić information content (AvgIpc) is 3.15. The van der Waals surface area contributed by atoms with Crippen molar-refractivity contribution < 1.29 is 9.59 Å². The molecule has 3 N–H and O–H groups in total. The second kappa shape index (κ2) is 9.36. The number of hydrogen-bond donors (Lipinski definition) is 3. The van der Waals surface area contributed by atoms with Crippen LogP contribution in [0.4, 0.5) is 17.5 Å². The first kappa shape index (κ1) is 20.6. The number of aryl methyl sites for hydroxylation is 1. The van der Waals surface area contributed by atoms with E-state index in [1.807, 2.05) is 18.2 Å². The van der Waals surface area contributed by atoms with Crippen molar-refractivity contribution >= 4 is 29.3 Å². The number of benzene rings is 1. The van der Waals surface area contributed by atoms with Crippen molar-refractivity contribution in [3.8, 4) is 0 Å². The van der Waals surface area contributed by atoms with Crippen LogP contribution in [0.5, 0.6) is 0 Å². The Balaban J connectivity index is 1.82. The van der Waals surface area contributed by atoms with Crippen LogP contribution in [0.1, 0.15) is 42.7 Å². The summed E-state index contributed by atoms with van der Waals surface area (Å²) >= 11 is 0. The minimum Gasteiger partial charge on any atom is -0.355 e. The van der Waals surface area contributed by atoms with Crippen LogP contribution in [-0.2, 0) is 11.2 Å². The number of rotatable bonds is 7. The van der Waals surface area contributed by atoms with Gasteiger partial charge in [0.2, 0.25) is 11.9 Å². The van der Waals surface area contributed by atoms with E-state index in [-0.39, 0.29) is 17.9 Å². The highest BCUT2D eigenvalue weighted by Crippen LogP contribution is 2.23. The van der Waals surface area contributed by atoms with Gasteiger partial charge in [0.25, 0.3) is 5.91 Å². The molecule has 1 saturated heterocycles. The van der Waals surface area contributed by atoms with Gasteiger partial charge in [0, 0.05) is 56.1 Å². The Morgan fingerprint density at radius 3 is 2.79 bits per heavy atom. The summed E-state index contributed by atoms with van der Waals surface area (Å²) in [6, 6.07) is 9.39. The van der Waals surface area contributed by atoms with Gasteiger partial charge in [-0.25, -0.2) is 4.98 Å². The predicted octanol–water partition coefficient (Wildman–Crippen LogP) is 2.25. The van der Waals surface area contributed by atoms with Gasteiger partial charge in [0.05, 0.1) is 0 Å². The van der Waals surface area contributed by atoms with E-state index in [0.717, 1.165) is 49.6 Å². The summed E-state index contributed by atoms with van der Waals surface area (Å²) in [5, 5.41) is 8.84. The molecule has 3 rings (SSSR count). The maximum absolute atomic E-state index is 11.9. The normalized spacial score (nSPS) is 15.8. The standard InChI is InChI=1S/C21H28N6O2/c1-4-6-16-12-19(27-10-9-18(13-27)23-14(2)28)26-21(24-16)25-17-8-5-7-15(11-17)20(29)22-3/h5,7-8,11-12,18H,4,6,9-10,13H2,1-3H3,(H,22,29)(H,23,28)(H,24,25,26). The van der Waals surface area contributed by atoms with E-state index in [2.05, 4.69) is 32.8 Å². The summed E-state index contributed by atoms with van der Waals surface area (Å²) in [4.78, 5) is 34.7. The van der Waals surface area contributed by atoms with Gasteiger partial charge < -0.3 is 20.9 Å². The Morgan fingerprint density at radius 2 is 2.07 bits per heavy atom. The first-order valence-corrected chi connectivity index (χ1v) is 9.97. The van der Waals surface area contributed by atoms with E-state index in [4.69, 9.17) is 4.98 Å². The van der Waals surface area contributed by atoms with Crippen LogP contribution in [0, 0.1) is 0 Å². The second-order valence-electron chi connectivity index (χ2n) is 7.21. The third-order valence-electron chi connectivity index (χ3n) is 4.80. The first-order chi connectivity index (χ1) is 14.0. The van der Waals surface area contributed by atoms with Crippen LogP contribution in [0.2, 0.25) is 0 Å². The average molecular weight is 396 g/mol. The van der Waals surface area contributed by atoms with Crippen molar-refractivity contribution in [1.29, 1.82) is 0 Å². The van der Waals surface area contributed by atoms with Gasteiger partial charge in [0.1, 0.15) is 5.82 Å². The van der Waals surface area contributed by atoms with E-state index in [9.17, 15) is 9.59 Å². The van der Waals surface area contributed by atoms with Gasteiger partial charge in [-0.2, -0.15) is 4.98 Å². The molecule has 2 amide bonds. The molecule has 2 aromatic rings. The SMILES string of the molecule is CCCc1cc(N2CCC(NC(C)=O)C2)nc(Nc2cccc(C(=O)NC)c2)n1. The largest absolute Gasteiger partial charge is 0.355 e. The zero-order valence-electron chi connectivity index (χ0n) is 17.2. The fourth-order valence-corrected chi connectivity index (χ4v) is 3.47. The zero-order valence-corrected chi connectivity index (χ0v) is 17.2. The lowest BCUT2D eigenvalue weighted by atomic mass is 10.2. The Labute approximate surface area is 171 Å². The molecule has 1 aromatic heterocycles. The van der Waals surface area contributed by atoms with Crippen molar-refractivity contribution in [2.45, 2.75) is 39.2 Å². The summed E-state index contributed by atoms with van der Waals surface area (Å²) in [6.07, 6.45) is 2.73. The molecule has 154 valence electrons. The summed E-state index contributed by atoms with van der Waals surface area (Å²) in [5.41, 5.74) is 2.29. The Morgan fingerprint density at radius 1 is 1.24 bits per heavy atom. The number of aromatic nitrogens is 2.